The van der Waals surface area contributed by atoms with E-state index < -0.39 is 12.1 Å². The molecule has 1 atom stereocenters. The van der Waals surface area contributed by atoms with Gasteiger partial charge in [0.25, 0.3) is 5.91 Å². The minimum absolute atomic E-state index is 0.226. The number of rotatable bonds is 3. The molecule has 0 unspecified atom stereocenters. The number of para-hydroxylation sites is 1. The van der Waals surface area contributed by atoms with Crippen LogP contribution in [0.25, 0.3) is 0 Å². The van der Waals surface area contributed by atoms with Crippen LogP contribution in [0, 0.1) is 6.92 Å². The Kier molecular flexibility index (Phi) is 3.58. The number of ether oxygens (including phenoxy) is 2. The molecule has 0 bridgehead atoms. The molecule has 1 aromatic heterocycles. The average Bonchev–Trinajstić information content (AvgIpc) is 3.09. The number of esters is 1. The van der Waals surface area contributed by atoms with Gasteiger partial charge in [0.15, 0.2) is 6.10 Å². The molecule has 0 aliphatic carbocycles. The van der Waals surface area contributed by atoms with Crippen molar-refractivity contribution >= 4 is 17.6 Å². The topological polar surface area (TPSA) is 80.4 Å². The zero-order valence-corrected chi connectivity index (χ0v) is 12.3. The lowest BCUT2D eigenvalue weighted by Gasteiger charge is -2.11. The second-order valence-electron chi connectivity index (χ2n) is 5.14. The number of aromatic amines is 1. The number of carbonyl (C=O) groups is 2. The Labute approximate surface area is 127 Å². The molecule has 6 heteroatoms. The molecule has 22 heavy (non-hydrogen) atoms. The second kappa shape index (κ2) is 5.55. The summed E-state index contributed by atoms with van der Waals surface area (Å²) in [5.74, 6) is -0.0968. The monoisotopic (exact) mass is 300 g/mol. The Morgan fingerprint density at radius 2 is 2.14 bits per heavy atom. The van der Waals surface area contributed by atoms with E-state index in [2.05, 4.69) is 10.3 Å². The lowest BCUT2D eigenvalue weighted by Crippen LogP contribution is -2.31. The first-order chi connectivity index (χ1) is 10.6. The zero-order chi connectivity index (χ0) is 15.7. The van der Waals surface area contributed by atoms with E-state index in [0.717, 1.165) is 17.0 Å². The van der Waals surface area contributed by atoms with Gasteiger partial charge >= 0.3 is 5.97 Å². The van der Waals surface area contributed by atoms with Crippen LogP contribution in [0.5, 0.6) is 5.75 Å². The Balaban J connectivity index is 1.75. The molecule has 2 aromatic rings. The number of H-pyrrole nitrogens is 1. The van der Waals surface area contributed by atoms with Crippen LogP contribution in [0.3, 0.4) is 0 Å². The average molecular weight is 300 g/mol. The molecule has 0 fully saturated rings. The number of amides is 1. The van der Waals surface area contributed by atoms with Gasteiger partial charge in [-0.1, -0.05) is 18.2 Å². The van der Waals surface area contributed by atoms with Crippen molar-refractivity contribution in [2.75, 3.05) is 12.4 Å². The van der Waals surface area contributed by atoms with Crippen LogP contribution in [0.15, 0.2) is 30.3 Å². The summed E-state index contributed by atoms with van der Waals surface area (Å²) in [4.78, 5) is 26.9. The van der Waals surface area contributed by atoms with Crippen LogP contribution < -0.4 is 10.1 Å². The highest BCUT2D eigenvalue weighted by Gasteiger charge is 2.30. The predicted molar refractivity (Wildman–Crippen MR) is 80.1 cm³/mol. The normalized spacial score (nSPS) is 15.8. The predicted octanol–water partition coefficient (Wildman–Crippen LogP) is 2.05. The van der Waals surface area contributed by atoms with Crippen molar-refractivity contribution in [3.63, 3.8) is 0 Å². The van der Waals surface area contributed by atoms with Gasteiger partial charge in [-0.25, -0.2) is 4.79 Å². The van der Waals surface area contributed by atoms with Gasteiger partial charge in [0, 0.05) is 12.1 Å². The lowest BCUT2D eigenvalue weighted by atomic mass is 10.1. The van der Waals surface area contributed by atoms with Crippen LogP contribution in [0.2, 0.25) is 0 Å². The number of fused-ring (bicyclic) bond motifs is 1. The first-order valence-corrected chi connectivity index (χ1v) is 6.92. The minimum Gasteiger partial charge on any atom is -0.480 e. The Hall–Kier alpha value is -2.76. The fourth-order valence-corrected chi connectivity index (χ4v) is 2.49. The molecular weight excluding hydrogens is 284 g/mol. The number of aryl methyl sites for hydroxylation is 1. The first kappa shape index (κ1) is 14.2. The van der Waals surface area contributed by atoms with E-state index in [1.165, 1.54) is 7.11 Å². The summed E-state index contributed by atoms with van der Waals surface area (Å²) in [5, 5.41) is 2.73. The van der Waals surface area contributed by atoms with E-state index in [0.29, 0.717) is 12.1 Å². The fraction of sp³-hybridized carbons (Fsp3) is 0.250. The first-order valence-electron chi connectivity index (χ1n) is 6.92. The lowest BCUT2D eigenvalue weighted by molar-refractivity contribution is -0.122. The smallest absolute Gasteiger partial charge is 0.356 e. The molecule has 3 rings (SSSR count). The number of anilines is 1. The van der Waals surface area contributed by atoms with E-state index in [1.54, 1.807) is 13.0 Å². The summed E-state index contributed by atoms with van der Waals surface area (Å²) in [7, 11) is 1.29. The Morgan fingerprint density at radius 1 is 1.36 bits per heavy atom. The van der Waals surface area contributed by atoms with Crippen molar-refractivity contribution in [1.82, 2.24) is 4.98 Å². The molecule has 2 N–H and O–H groups in total. The molecule has 1 amide bonds. The molecule has 1 aromatic carbocycles. The molecule has 0 saturated heterocycles. The van der Waals surface area contributed by atoms with Gasteiger partial charge < -0.3 is 19.8 Å². The maximum absolute atomic E-state index is 12.4. The maximum Gasteiger partial charge on any atom is 0.356 e. The number of hydrogen-bond acceptors (Lipinski definition) is 4. The SMILES string of the molecule is COC(=O)c1[nH]c(C)cc1NC(=O)[C@H]1Cc2ccccc2O1. The van der Waals surface area contributed by atoms with Crippen molar-refractivity contribution in [2.45, 2.75) is 19.4 Å². The summed E-state index contributed by atoms with van der Waals surface area (Å²) in [6.07, 6.45) is -0.0861. The maximum atomic E-state index is 12.4. The van der Waals surface area contributed by atoms with Crippen molar-refractivity contribution in [3.8, 4) is 5.75 Å². The summed E-state index contributed by atoms with van der Waals surface area (Å²) < 4.78 is 10.3. The van der Waals surface area contributed by atoms with E-state index in [9.17, 15) is 9.59 Å². The van der Waals surface area contributed by atoms with Crippen molar-refractivity contribution in [2.24, 2.45) is 0 Å². The standard InChI is InChI=1S/C16H16N2O4/c1-9-7-11(14(17-9)16(20)21-2)18-15(19)13-8-10-5-3-4-6-12(10)22-13/h3-7,13,17H,8H2,1-2H3,(H,18,19)/t13-/m1/s1. The van der Waals surface area contributed by atoms with E-state index in [1.807, 2.05) is 24.3 Å². The number of benzene rings is 1. The van der Waals surface area contributed by atoms with Gasteiger partial charge in [0.05, 0.1) is 12.8 Å². The summed E-state index contributed by atoms with van der Waals surface area (Å²) in [6, 6.07) is 9.23. The summed E-state index contributed by atoms with van der Waals surface area (Å²) in [5.41, 5.74) is 2.38. The summed E-state index contributed by atoms with van der Waals surface area (Å²) >= 11 is 0. The molecule has 114 valence electrons. The molecular formula is C16H16N2O4. The van der Waals surface area contributed by atoms with Gasteiger partial charge in [0.1, 0.15) is 11.4 Å². The van der Waals surface area contributed by atoms with Crippen LogP contribution >= 0.6 is 0 Å². The third-order valence-electron chi connectivity index (χ3n) is 3.54. The van der Waals surface area contributed by atoms with Gasteiger partial charge in [-0.2, -0.15) is 0 Å². The molecule has 0 saturated carbocycles. The number of methoxy groups -OCH3 is 1. The molecule has 1 aliphatic rings. The molecule has 1 aliphatic heterocycles. The number of carbonyl (C=O) groups excluding carboxylic acids is 2. The van der Waals surface area contributed by atoms with Gasteiger partial charge in [-0.05, 0) is 24.6 Å². The van der Waals surface area contributed by atoms with Crippen LogP contribution in [-0.4, -0.2) is 30.1 Å². The van der Waals surface area contributed by atoms with Crippen molar-refractivity contribution in [1.29, 1.82) is 0 Å². The van der Waals surface area contributed by atoms with E-state index in [-0.39, 0.29) is 11.6 Å². The van der Waals surface area contributed by atoms with Crippen LogP contribution in [-0.2, 0) is 16.0 Å². The Morgan fingerprint density at radius 3 is 2.86 bits per heavy atom. The highest BCUT2D eigenvalue weighted by molar-refractivity contribution is 6.02. The quantitative estimate of drug-likeness (QED) is 0.850. The second-order valence-corrected chi connectivity index (χ2v) is 5.14. The molecule has 0 spiro atoms. The fourth-order valence-electron chi connectivity index (χ4n) is 2.49. The highest BCUT2D eigenvalue weighted by Crippen LogP contribution is 2.29. The van der Waals surface area contributed by atoms with Gasteiger partial charge in [-0.15, -0.1) is 0 Å². The number of hydrogen-bond donors (Lipinski definition) is 2. The van der Waals surface area contributed by atoms with E-state index >= 15 is 0 Å². The third-order valence-corrected chi connectivity index (χ3v) is 3.54. The molecule has 2 heterocycles. The van der Waals surface area contributed by atoms with Crippen molar-refractivity contribution in [3.05, 3.63) is 47.3 Å². The van der Waals surface area contributed by atoms with E-state index in [4.69, 9.17) is 9.47 Å². The number of aromatic nitrogens is 1. The van der Waals surface area contributed by atoms with Crippen molar-refractivity contribution < 1.29 is 19.1 Å². The molecule has 0 radical (unpaired) electrons. The largest absolute Gasteiger partial charge is 0.480 e. The zero-order valence-electron chi connectivity index (χ0n) is 12.3. The van der Waals surface area contributed by atoms with Gasteiger partial charge in [0.2, 0.25) is 0 Å². The summed E-state index contributed by atoms with van der Waals surface area (Å²) in [6.45, 7) is 1.80. The van der Waals surface area contributed by atoms with Crippen LogP contribution in [0.4, 0.5) is 5.69 Å². The third kappa shape index (κ3) is 2.55. The highest BCUT2D eigenvalue weighted by atomic mass is 16.5. The number of nitrogens with one attached hydrogen (secondary N) is 2. The molecule has 6 nitrogen and oxygen atoms in total. The Bertz CT molecular complexity index is 710. The van der Waals surface area contributed by atoms with Crippen LogP contribution in [0.1, 0.15) is 21.7 Å². The minimum atomic E-state index is -0.599. The van der Waals surface area contributed by atoms with Gasteiger partial charge in [-0.3, -0.25) is 4.79 Å².